The maximum absolute atomic E-state index is 5.90. The Balaban J connectivity index is 2.38. The molecule has 1 aliphatic rings. The number of hydrogen-bond acceptors (Lipinski definition) is 5. The molecule has 2 heterocycles. The van der Waals surface area contributed by atoms with Crippen molar-refractivity contribution in [3.63, 3.8) is 0 Å². The van der Waals surface area contributed by atoms with Crippen LogP contribution in [0.5, 0.6) is 0 Å². The van der Waals surface area contributed by atoms with Crippen LogP contribution in [0.4, 0.5) is 11.8 Å². The first kappa shape index (κ1) is 10.2. The van der Waals surface area contributed by atoms with Gasteiger partial charge in [-0.3, -0.25) is 0 Å². The number of rotatable bonds is 3. The molecule has 1 aliphatic heterocycles. The number of hydrogen-bond donors (Lipinski definition) is 2. The largest absolute Gasteiger partial charge is 0.383 e. The fourth-order valence-electron chi connectivity index (χ4n) is 1.83. The Bertz CT molecular complexity index is 359. The highest BCUT2D eigenvalue weighted by Gasteiger charge is 2.18. The molecule has 0 fully saturated rings. The minimum Gasteiger partial charge on any atom is -0.383 e. The van der Waals surface area contributed by atoms with E-state index < -0.39 is 0 Å². The van der Waals surface area contributed by atoms with Crippen LogP contribution in [0.1, 0.15) is 25.1 Å². The first-order chi connectivity index (χ1) is 7.26. The van der Waals surface area contributed by atoms with Gasteiger partial charge < -0.3 is 16.0 Å². The van der Waals surface area contributed by atoms with Crippen molar-refractivity contribution < 1.29 is 0 Å². The molecule has 0 unspecified atom stereocenters. The van der Waals surface area contributed by atoms with Crippen molar-refractivity contribution in [2.75, 3.05) is 23.7 Å². The molecule has 2 rings (SSSR count). The van der Waals surface area contributed by atoms with Crippen molar-refractivity contribution in [3.05, 3.63) is 11.3 Å². The fourth-order valence-corrected chi connectivity index (χ4v) is 1.83. The van der Waals surface area contributed by atoms with Crippen molar-refractivity contribution >= 4 is 11.8 Å². The molecule has 0 atom stereocenters. The molecule has 5 heteroatoms. The van der Waals surface area contributed by atoms with Crippen LogP contribution >= 0.6 is 0 Å². The number of nitrogens with two attached hydrogens (primary N) is 1. The van der Waals surface area contributed by atoms with E-state index in [0.717, 1.165) is 43.4 Å². The predicted molar refractivity (Wildman–Crippen MR) is 60.5 cm³/mol. The summed E-state index contributed by atoms with van der Waals surface area (Å²) < 4.78 is 0. The van der Waals surface area contributed by atoms with E-state index in [4.69, 9.17) is 5.73 Å². The van der Waals surface area contributed by atoms with Gasteiger partial charge in [-0.1, -0.05) is 0 Å². The molecule has 1 aromatic heterocycles. The van der Waals surface area contributed by atoms with Gasteiger partial charge in [-0.2, -0.15) is 4.98 Å². The fraction of sp³-hybridized carbons (Fsp3) is 0.600. The lowest BCUT2D eigenvalue weighted by Crippen LogP contribution is -2.25. The first-order valence-electron chi connectivity index (χ1n) is 5.37. The third kappa shape index (κ3) is 1.74. The van der Waals surface area contributed by atoms with Gasteiger partial charge in [0.2, 0.25) is 5.95 Å². The zero-order valence-corrected chi connectivity index (χ0v) is 9.25. The predicted octanol–water partition coefficient (Wildman–Crippen LogP) is 0.508. The van der Waals surface area contributed by atoms with Crippen molar-refractivity contribution in [1.29, 1.82) is 0 Å². The van der Waals surface area contributed by atoms with E-state index in [1.165, 1.54) is 0 Å². The average molecular weight is 207 g/mol. The third-order valence-electron chi connectivity index (χ3n) is 2.75. The molecule has 0 spiro atoms. The lowest BCUT2D eigenvalue weighted by atomic mass is 10.2. The third-order valence-corrected chi connectivity index (χ3v) is 2.75. The van der Waals surface area contributed by atoms with E-state index in [9.17, 15) is 0 Å². The second-order valence-electron chi connectivity index (χ2n) is 3.61. The number of nitrogens with zero attached hydrogens (tertiary/aromatic N) is 3. The molecule has 0 bridgehead atoms. The van der Waals surface area contributed by atoms with Crippen LogP contribution in [-0.4, -0.2) is 23.1 Å². The van der Waals surface area contributed by atoms with E-state index in [1.54, 1.807) is 0 Å². The average Bonchev–Trinajstić information content (AvgIpc) is 2.68. The first-order valence-corrected chi connectivity index (χ1v) is 5.37. The lowest BCUT2D eigenvalue weighted by molar-refractivity contribution is 0.755. The monoisotopic (exact) mass is 207 g/mol. The molecule has 0 saturated carbocycles. The maximum atomic E-state index is 5.90. The molecular formula is C10H17N5. The summed E-state index contributed by atoms with van der Waals surface area (Å²) in [5.41, 5.74) is 8.01. The molecule has 5 nitrogen and oxygen atoms in total. The Kier molecular flexibility index (Phi) is 2.73. The highest BCUT2D eigenvalue weighted by molar-refractivity contribution is 5.49. The van der Waals surface area contributed by atoms with Crippen LogP contribution in [0.25, 0.3) is 0 Å². The zero-order chi connectivity index (χ0) is 10.8. The van der Waals surface area contributed by atoms with Gasteiger partial charge in [0.25, 0.3) is 0 Å². The minimum absolute atomic E-state index is 0.618. The molecule has 0 saturated heterocycles. The summed E-state index contributed by atoms with van der Waals surface area (Å²) in [5, 5.41) is 3.23. The van der Waals surface area contributed by atoms with Crippen molar-refractivity contribution in [2.24, 2.45) is 0 Å². The second kappa shape index (κ2) is 4.02. The van der Waals surface area contributed by atoms with Gasteiger partial charge in [0.15, 0.2) is 0 Å². The maximum Gasteiger partial charge on any atom is 0.227 e. The molecule has 15 heavy (non-hydrogen) atoms. The number of nitrogens with one attached hydrogen (secondary N) is 1. The van der Waals surface area contributed by atoms with Crippen LogP contribution < -0.4 is 16.0 Å². The Morgan fingerprint density at radius 3 is 2.67 bits per heavy atom. The molecule has 0 aromatic carbocycles. The molecule has 0 radical (unpaired) electrons. The van der Waals surface area contributed by atoms with Gasteiger partial charge in [0, 0.05) is 31.7 Å². The quantitative estimate of drug-likeness (QED) is 0.756. The van der Waals surface area contributed by atoms with Crippen LogP contribution in [0, 0.1) is 0 Å². The highest BCUT2D eigenvalue weighted by Crippen LogP contribution is 2.21. The summed E-state index contributed by atoms with van der Waals surface area (Å²) in [6.45, 7) is 7.59. The van der Waals surface area contributed by atoms with Crippen LogP contribution in [0.2, 0.25) is 0 Å². The summed E-state index contributed by atoms with van der Waals surface area (Å²) in [7, 11) is 0. The smallest absolute Gasteiger partial charge is 0.227 e. The van der Waals surface area contributed by atoms with E-state index in [-0.39, 0.29) is 0 Å². The summed E-state index contributed by atoms with van der Waals surface area (Å²) in [6, 6.07) is 0. The van der Waals surface area contributed by atoms with Crippen LogP contribution in [0.15, 0.2) is 0 Å². The van der Waals surface area contributed by atoms with Gasteiger partial charge in [-0.15, -0.1) is 0 Å². The zero-order valence-electron chi connectivity index (χ0n) is 9.25. The number of aromatic nitrogens is 2. The van der Waals surface area contributed by atoms with Crippen LogP contribution in [0.3, 0.4) is 0 Å². The summed E-state index contributed by atoms with van der Waals surface area (Å²) in [5.74, 6) is 1.37. The van der Waals surface area contributed by atoms with Gasteiger partial charge in [-0.05, 0) is 13.8 Å². The van der Waals surface area contributed by atoms with E-state index in [0.29, 0.717) is 5.82 Å². The van der Waals surface area contributed by atoms with E-state index in [2.05, 4.69) is 34.0 Å². The van der Waals surface area contributed by atoms with Crippen LogP contribution in [-0.2, 0) is 13.1 Å². The topological polar surface area (TPSA) is 67.1 Å². The van der Waals surface area contributed by atoms with Crippen molar-refractivity contribution in [3.8, 4) is 0 Å². The van der Waals surface area contributed by atoms with E-state index >= 15 is 0 Å². The normalized spacial score (nSPS) is 14.0. The Labute approximate surface area is 89.7 Å². The van der Waals surface area contributed by atoms with Gasteiger partial charge >= 0.3 is 0 Å². The molecule has 3 N–H and O–H groups in total. The summed E-state index contributed by atoms with van der Waals surface area (Å²) in [4.78, 5) is 11.0. The molecule has 0 amide bonds. The Hall–Kier alpha value is -1.36. The van der Waals surface area contributed by atoms with Crippen molar-refractivity contribution in [1.82, 2.24) is 15.3 Å². The molecule has 0 aliphatic carbocycles. The van der Waals surface area contributed by atoms with Gasteiger partial charge in [-0.25, -0.2) is 4.98 Å². The summed E-state index contributed by atoms with van der Waals surface area (Å²) >= 11 is 0. The number of anilines is 2. The second-order valence-corrected chi connectivity index (χ2v) is 3.61. The molecular weight excluding hydrogens is 190 g/mol. The number of nitrogen functional groups attached to an aromatic ring is 1. The molecule has 1 aromatic rings. The Morgan fingerprint density at radius 1 is 1.27 bits per heavy atom. The summed E-state index contributed by atoms with van der Waals surface area (Å²) in [6.07, 6.45) is 0. The molecule has 82 valence electrons. The Morgan fingerprint density at radius 2 is 2.00 bits per heavy atom. The van der Waals surface area contributed by atoms with Crippen molar-refractivity contribution in [2.45, 2.75) is 26.9 Å². The highest BCUT2D eigenvalue weighted by atomic mass is 15.3. The standard InChI is InChI=1S/C10H17N5/c1-3-15(4-2)10-13-8-6-12-5-7(8)9(11)14-10/h12H,3-6H2,1-2H3,(H2,11,13,14). The van der Waals surface area contributed by atoms with Gasteiger partial charge in [0.1, 0.15) is 5.82 Å². The number of fused-ring (bicyclic) bond motifs is 1. The lowest BCUT2D eigenvalue weighted by Gasteiger charge is -2.19. The minimum atomic E-state index is 0.618. The SMILES string of the molecule is CCN(CC)c1nc(N)c2c(n1)CNC2. The van der Waals surface area contributed by atoms with Gasteiger partial charge in [0.05, 0.1) is 5.69 Å². The van der Waals surface area contributed by atoms with E-state index in [1.807, 2.05) is 0 Å².